The molecule has 134 valence electrons. The van der Waals surface area contributed by atoms with Gasteiger partial charge in [0.2, 0.25) is 0 Å². The number of nitrogens with one attached hydrogen (secondary N) is 3. The Balaban J connectivity index is 1.69. The molecule has 2 aromatic heterocycles. The van der Waals surface area contributed by atoms with Gasteiger partial charge in [-0.25, -0.2) is 10.1 Å². The van der Waals surface area contributed by atoms with E-state index in [9.17, 15) is 4.79 Å². The van der Waals surface area contributed by atoms with E-state index in [0.717, 1.165) is 11.4 Å². The second kappa shape index (κ2) is 8.17. The average molecular weight is 411 g/mol. The first-order valence-electron chi connectivity index (χ1n) is 7.16. The maximum Gasteiger partial charge on any atom is 0.285 e. The topological polar surface area (TPSA) is 104 Å². The molecule has 0 fully saturated rings. The molecule has 0 saturated heterocycles. The molecule has 3 aromatic rings. The number of H-pyrrole nitrogens is 1. The monoisotopic (exact) mass is 410 g/mol. The largest absolute Gasteiger partial charge is 0.497 e. The van der Waals surface area contributed by atoms with Gasteiger partial charge >= 0.3 is 0 Å². The standard InChI is InChI=1S/C15H12Cl2N6O2S/c1-25-9-4-2-8(3-5-9)20-15-21-13(17)11(26-15)7-19-22-10-6-18-23-14(24)12(10)16/h2-7H,1H3,(H,20,21)(H2,22,23,24)/b19-7+. The van der Waals surface area contributed by atoms with Crippen LogP contribution in [-0.4, -0.2) is 28.5 Å². The molecule has 2 heterocycles. The van der Waals surface area contributed by atoms with Crippen molar-refractivity contribution in [2.75, 3.05) is 17.9 Å². The third kappa shape index (κ3) is 4.31. The fraction of sp³-hybridized carbons (Fsp3) is 0.0667. The van der Waals surface area contributed by atoms with E-state index in [1.807, 2.05) is 24.3 Å². The first-order valence-corrected chi connectivity index (χ1v) is 8.73. The van der Waals surface area contributed by atoms with Gasteiger partial charge in [-0.05, 0) is 24.3 Å². The summed E-state index contributed by atoms with van der Waals surface area (Å²) < 4.78 is 5.12. The maximum atomic E-state index is 11.4. The van der Waals surface area contributed by atoms with E-state index >= 15 is 0 Å². The van der Waals surface area contributed by atoms with Gasteiger partial charge in [-0.2, -0.15) is 10.2 Å². The zero-order valence-corrected chi connectivity index (χ0v) is 15.6. The maximum absolute atomic E-state index is 11.4. The number of aromatic nitrogens is 3. The van der Waals surface area contributed by atoms with E-state index in [0.29, 0.717) is 15.2 Å². The quantitative estimate of drug-likeness (QED) is 0.422. The van der Waals surface area contributed by atoms with Crippen LogP contribution in [0, 0.1) is 0 Å². The Hall–Kier alpha value is -2.62. The van der Waals surface area contributed by atoms with Gasteiger partial charge in [0, 0.05) is 5.69 Å². The van der Waals surface area contributed by atoms with E-state index in [1.165, 1.54) is 23.7 Å². The lowest BCUT2D eigenvalue weighted by atomic mass is 10.3. The highest BCUT2D eigenvalue weighted by atomic mass is 35.5. The molecule has 8 nitrogen and oxygen atoms in total. The fourth-order valence-electron chi connectivity index (χ4n) is 1.87. The van der Waals surface area contributed by atoms with E-state index < -0.39 is 5.56 Å². The number of benzene rings is 1. The van der Waals surface area contributed by atoms with Crippen molar-refractivity contribution in [1.29, 1.82) is 0 Å². The third-order valence-electron chi connectivity index (χ3n) is 3.11. The molecule has 0 radical (unpaired) electrons. The Labute approximate surface area is 161 Å². The number of methoxy groups -OCH3 is 1. The summed E-state index contributed by atoms with van der Waals surface area (Å²) in [6.45, 7) is 0. The van der Waals surface area contributed by atoms with Crippen LogP contribution in [0.15, 0.2) is 40.4 Å². The van der Waals surface area contributed by atoms with Gasteiger partial charge in [-0.15, -0.1) is 0 Å². The predicted octanol–water partition coefficient (Wildman–Crippen LogP) is 3.73. The molecule has 0 saturated carbocycles. The molecule has 0 bridgehead atoms. The molecule has 3 N–H and O–H groups in total. The first kappa shape index (κ1) is 18.2. The van der Waals surface area contributed by atoms with Gasteiger partial charge in [0.15, 0.2) is 10.3 Å². The average Bonchev–Trinajstić information content (AvgIpc) is 2.98. The summed E-state index contributed by atoms with van der Waals surface area (Å²) in [6.07, 6.45) is 2.84. The Morgan fingerprint density at radius 1 is 1.31 bits per heavy atom. The van der Waals surface area contributed by atoms with Crippen LogP contribution in [0.2, 0.25) is 10.2 Å². The number of rotatable bonds is 6. The summed E-state index contributed by atoms with van der Waals surface area (Å²) in [5, 5.41) is 13.9. The number of hydrogen-bond acceptors (Lipinski definition) is 8. The minimum atomic E-state index is -0.506. The lowest BCUT2D eigenvalue weighted by Crippen LogP contribution is -2.09. The van der Waals surface area contributed by atoms with Crippen molar-refractivity contribution in [3.05, 3.63) is 55.9 Å². The second-order valence-electron chi connectivity index (χ2n) is 4.82. The second-order valence-corrected chi connectivity index (χ2v) is 6.59. The van der Waals surface area contributed by atoms with Crippen LogP contribution < -0.4 is 21.0 Å². The molecule has 0 amide bonds. The molecular formula is C15H12Cl2N6O2S. The van der Waals surface area contributed by atoms with Crippen molar-refractivity contribution in [3.8, 4) is 5.75 Å². The van der Waals surface area contributed by atoms with Gasteiger partial charge in [-0.1, -0.05) is 34.5 Å². The number of anilines is 3. The van der Waals surface area contributed by atoms with E-state index in [1.54, 1.807) is 7.11 Å². The number of hydrogen-bond donors (Lipinski definition) is 3. The molecule has 3 rings (SSSR count). The van der Waals surface area contributed by atoms with Gasteiger partial charge in [0.25, 0.3) is 5.56 Å². The van der Waals surface area contributed by atoms with Crippen LogP contribution in [0.5, 0.6) is 5.75 Å². The van der Waals surface area contributed by atoms with E-state index in [-0.39, 0.29) is 10.7 Å². The summed E-state index contributed by atoms with van der Waals surface area (Å²) in [4.78, 5) is 16.2. The molecule has 0 aliphatic rings. The summed E-state index contributed by atoms with van der Waals surface area (Å²) >= 11 is 13.3. The van der Waals surface area contributed by atoms with E-state index in [4.69, 9.17) is 27.9 Å². The smallest absolute Gasteiger partial charge is 0.285 e. The van der Waals surface area contributed by atoms with Gasteiger partial charge in [-0.3, -0.25) is 10.2 Å². The number of ether oxygens (including phenoxy) is 1. The van der Waals surface area contributed by atoms with Gasteiger partial charge < -0.3 is 10.1 Å². The SMILES string of the molecule is COc1ccc(Nc2nc(Cl)c(/C=N/Nc3cn[nH]c(=O)c3Cl)s2)cc1. The molecule has 0 aliphatic carbocycles. The van der Waals surface area contributed by atoms with Crippen LogP contribution in [0.25, 0.3) is 0 Å². The van der Waals surface area contributed by atoms with Crippen molar-refractivity contribution in [2.45, 2.75) is 0 Å². The van der Waals surface area contributed by atoms with Crippen molar-refractivity contribution in [2.24, 2.45) is 5.10 Å². The van der Waals surface area contributed by atoms with Crippen LogP contribution in [0.1, 0.15) is 4.88 Å². The normalized spacial score (nSPS) is 10.9. The van der Waals surface area contributed by atoms with Crippen molar-refractivity contribution >= 4 is 57.3 Å². The Morgan fingerprint density at radius 2 is 2.08 bits per heavy atom. The zero-order valence-electron chi connectivity index (χ0n) is 13.3. The Bertz CT molecular complexity index is 987. The molecular weight excluding hydrogens is 399 g/mol. The third-order valence-corrected chi connectivity index (χ3v) is 4.79. The van der Waals surface area contributed by atoms with Crippen LogP contribution in [-0.2, 0) is 0 Å². The van der Waals surface area contributed by atoms with Crippen LogP contribution in [0.3, 0.4) is 0 Å². The minimum Gasteiger partial charge on any atom is -0.497 e. The van der Waals surface area contributed by atoms with Gasteiger partial charge in [0.1, 0.15) is 16.5 Å². The highest BCUT2D eigenvalue weighted by molar-refractivity contribution is 7.17. The molecule has 0 unspecified atom stereocenters. The lowest BCUT2D eigenvalue weighted by molar-refractivity contribution is 0.415. The Kier molecular flexibility index (Phi) is 5.71. The molecule has 1 aromatic carbocycles. The van der Waals surface area contributed by atoms with E-state index in [2.05, 4.69) is 31.0 Å². The lowest BCUT2D eigenvalue weighted by Gasteiger charge is -2.03. The predicted molar refractivity (Wildman–Crippen MR) is 104 cm³/mol. The van der Waals surface area contributed by atoms with Crippen LogP contribution in [0.4, 0.5) is 16.5 Å². The van der Waals surface area contributed by atoms with Gasteiger partial charge in [0.05, 0.1) is 24.4 Å². The van der Waals surface area contributed by atoms with Crippen LogP contribution >= 0.6 is 34.5 Å². The summed E-state index contributed by atoms with van der Waals surface area (Å²) in [6, 6.07) is 7.41. The van der Waals surface area contributed by atoms with Crippen molar-refractivity contribution < 1.29 is 4.74 Å². The zero-order chi connectivity index (χ0) is 18.5. The summed E-state index contributed by atoms with van der Waals surface area (Å²) in [7, 11) is 1.61. The molecule has 0 aliphatic heterocycles. The number of aromatic amines is 1. The number of halogens is 2. The van der Waals surface area contributed by atoms with Crippen molar-refractivity contribution in [1.82, 2.24) is 15.2 Å². The number of hydrazone groups is 1. The summed E-state index contributed by atoms with van der Waals surface area (Å²) in [5.74, 6) is 0.763. The number of nitrogens with zero attached hydrogens (tertiary/aromatic N) is 3. The minimum absolute atomic E-state index is 0.0330. The molecule has 26 heavy (non-hydrogen) atoms. The molecule has 0 atom stereocenters. The molecule has 11 heteroatoms. The fourth-order valence-corrected chi connectivity index (χ4v) is 3.05. The van der Waals surface area contributed by atoms with Crippen molar-refractivity contribution in [3.63, 3.8) is 0 Å². The molecule has 0 spiro atoms. The first-order chi connectivity index (χ1) is 12.6. The Morgan fingerprint density at radius 3 is 2.81 bits per heavy atom. The number of thiazole rings is 1. The highest BCUT2D eigenvalue weighted by Crippen LogP contribution is 2.28. The summed E-state index contributed by atoms with van der Waals surface area (Å²) in [5.41, 5.74) is 3.26. The highest BCUT2D eigenvalue weighted by Gasteiger charge is 2.08.